The third kappa shape index (κ3) is 4.85. The number of unbranched alkanes of at least 4 members (excludes halogenated alkanes) is 1. The second-order valence-corrected chi connectivity index (χ2v) is 6.43. The molecule has 0 radical (unpaired) electrons. The van der Waals surface area contributed by atoms with Crippen LogP contribution in [0.15, 0.2) is 17.5 Å². The average molecular weight is 369 g/mol. The van der Waals surface area contributed by atoms with Crippen LogP contribution >= 0.6 is 22.9 Å². The molecule has 130 valence electrons. The molecule has 7 heteroatoms. The number of hydrogen-bond donors (Lipinski definition) is 1. The third-order valence-electron chi connectivity index (χ3n) is 3.16. The van der Waals surface area contributed by atoms with E-state index in [2.05, 4.69) is 17.2 Å². The number of anilines is 1. The van der Waals surface area contributed by atoms with Crippen molar-refractivity contribution < 1.29 is 14.3 Å². The van der Waals surface area contributed by atoms with Gasteiger partial charge in [-0.3, -0.25) is 10.1 Å². The molecule has 0 bridgehead atoms. The Labute approximate surface area is 151 Å². The van der Waals surface area contributed by atoms with E-state index in [0.717, 1.165) is 18.5 Å². The van der Waals surface area contributed by atoms with Gasteiger partial charge in [-0.15, -0.1) is 11.3 Å². The summed E-state index contributed by atoms with van der Waals surface area (Å²) in [4.78, 5) is 16.6. The number of amides is 1. The fourth-order valence-electron chi connectivity index (χ4n) is 2.00. The van der Waals surface area contributed by atoms with Crippen LogP contribution in [-0.2, 0) is 0 Å². The number of halogens is 1. The van der Waals surface area contributed by atoms with Gasteiger partial charge >= 0.3 is 0 Å². The Balaban J connectivity index is 2.22. The topological polar surface area (TPSA) is 60.5 Å². The van der Waals surface area contributed by atoms with Gasteiger partial charge in [0.1, 0.15) is 0 Å². The summed E-state index contributed by atoms with van der Waals surface area (Å²) in [6.45, 7) is 6.84. The van der Waals surface area contributed by atoms with Crippen molar-refractivity contribution in [3.05, 3.63) is 33.8 Å². The number of carbonyl (C=O) groups is 1. The van der Waals surface area contributed by atoms with Gasteiger partial charge in [-0.05, 0) is 32.4 Å². The van der Waals surface area contributed by atoms with Crippen LogP contribution in [0.5, 0.6) is 11.5 Å². The molecule has 1 N–H and O–H groups in total. The lowest BCUT2D eigenvalue weighted by atomic mass is 10.2. The van der Waals surface area contributed by atoms with Crippen molar-refractivity contribution in [1.29, 1.82) is 0 Å². The van der Waals surface area contributed by atoms with Crippen LogP contribution in [-0.4, -0.2) is 24.1 Å². The molecule has 0 saturated heterocycles. The number of thiazole rings is 1. The molecule has 1 aromatic heterocycles. The highest BCUT2D eigenvalue weighted by Gasteiger charge is 2.17. The molecule has 2 rings (SSSR count). The maximum absolute atomic E-state index is 12.4. The Morgan fingerprint density at radius 2 is 2.12 bits per heavy atom. The van der Waals surface area contributed by atoms with Crippen molar-refractivity contribution in [2.45, 2.75) is 33.6 Å². The first-order chi connectivity index (χ1) is 11.5. The van der Waals surface area contributed by atoms with E-state index in [9.17, 15) is 4.79 Å². The van der Waals surface area contributed by atoms with E-state index in [1.807, 2.05) is 19.2 Å². The first kappa shape index (κ1) is 18.5. The average Bonchev–Trinajstić information content (AvgIpc) is 2.95. The van der Waals surface area contributed by atoms with Crippen LogP contribution in [0.25, 0.3) is 0 Å². The van der Waals surface area contributed by atoms with Gasteiger partial charge in [-0.2, -0.15) is 0 Å². The maximum atomic E-state index is 12.4. The van der Waals surface area contributed by atoms with Crippen LogP contribution in [0.4, 0.5) is 5.13 Å². The lowest BCUT2D eigenvalue weighted by Gasteiger charge is -2.15. The van der Waals surface area contributed by atoms with Gasteiger partial charge < -0.3 is 9.47 Å². The molecule has 0 atom stereocenters. The van der Waals surface area contributed by atoms with Gasteiger partial charge in [0, 0.05) is 10.9 Å². The highest BCUT2D eigenvalue weighted by Crippen LogP contribution is 2.37. The lowest BCUT2D eigenvalue weighted by molar-refractivity contribution is 0.102. The summed E-state index contributed by atoms with van der Waals surface area (Å²) in [5.74, 6) is 0.669. The lowest BCUT2D eigenvalue weighted by Crippen LogP contribution is -2.12. The predicted molar refractivity (Wildman–Crippen MR) is 97.8 cm³/mol. The molecule has 1 aromatic carbocycles. The first-order valence-corrected chi connectivity index (χ1v) is 9.13. The standard InChI is InChI=1S/C17H21ClN2O3S/c1-4-6-7-23-15-13(18)8-12(9-14(15)22-5-2)16(21)20-17-19-11(3)10-24-17/h8-10H,4-7H2,1-3H3,(H,19,20,21). The number of aryl methyl sites for hydroxylation is 1. The van der Waals surface area contributed by atoms with E-state index in [-0.39, 0.29) is 5.91 Å². The van der Waals surface area contributed by atoms with E-state index in [1.165, 1.54) is 11.3 Å². The zero-order valence-corrected chi connectivity index (χ0v) is 15.6. The molecule has 0 aliphatic rings. The van der Waals surface area contributed by atoms with Gasteiger partial charge in [0.2, 0.25) is 0 Å². The van der Waals surface area contributed by atoms with Gasteiger partial charge in [-0.25, -0.2) is 4.98 Å². The highest BCUT2D eigenvalue weighted by atomic mass is 35.5. The Morgan fingerprint density at radius 3 is 2.75 bits per heavy atom. The molecule has 0 fully saturated rings. The second kappa shape index (κ2) is 8.89. The summed E-state index contributed by atoms with van der Waals surface area (Å²) in [6.07, 6.45) is 1.95. The van der Waals surface area contributed by atoms with Gasteiger partial charge in [0.15, 0.2) is 16.6 Å². The first-order valence-electron chi connectivity index (χ1n) is 7.87. The zero-order chi connectivity index (χ0) is 17.5. The van der Waals surface area contributed by atoms with Crippen LogP contribution in [0.3, 0.4) is 0 Å². The van der Waals surface area contributed by atoms with E-state index < -0.39 is 0 Å². The minimum Gasteiger partial charge on any atom is -0.490 e. The predicted octanol–water partition coefficient (Wildman–Crippen LogP) is 4.93. The van der Waals surface area contributed by atoms with E-state index >= 15 is 0 Å². The second-order valence-electron chi connectivity index (χ2n) is 5.17. The SMILES string of the molecule is CCCCOc1c(Cl)cc(C(=O)Nc2nc(C)cs2)cc1OCC. The van der Waals surface area contributed by atoms with Crippen LogP contribution in [0, 0.1) is 6.92 Å². The van der Waals surface area contributed by atoms with Gasteiger partial charge in [0.25, 0.3) is 5.91 Å². The van der Waals surface area contributed by atoms with Gasteiger partial charge in [0.05, 0.1) is 23.9 Å². The molecule has 2 aromatic rings. The van der Waals surface area contributed by atoms with E-state index in [0.29, 0.717) is 40.4 Å². The molecular formula is C17H21ClN2O3S. The van der Waals surface area contributed by atoms with Crippen molar-refractivity contribution in [2.75, 3.05) is 18.5 Å². The van der Waals surface area contributed by atoms with Crippen molar-refractivity contribution in [1.82, 2.24) is 4.98 Å². The number of ether oxygens (including phenoxy) is 2. The number of aromatic nitrogens is 1. The zero-order valence-electron chi connectivity index (χ0n) is 14.0. The van der Waals surface area contributed by atoms with Gasteiger partial charge in [-0.1, -0.05) is 24.9 Å². The summed E-state index contributed by atoms with van der Waals surface area (Å²) >= 11 is 7.68. The molecule has 0 aliphatic heterocycles. The molecular weight excluding hydrogens is 348 g/mol. The van der Waals surface area contributed by atoms with E-state index in [1.54, 1.807) is 12.1 Å². The number of carbonyl (C=O) groups excluding carboxylic acids is 1. The Bertz CT molecular complexity index is 703. The summed E-state index contributed by atoms with van der Waals surface area (Å²) in [7, 11) is 0. The van der Waals surface area contributed by atoms with Crippen LogP contribution in [0.1, 0.15) is 42.7 Å². The molecule has 1 heterocycles. The minimum absolute atomic E-state index is 0.285. The fourth-order valence-corrected chi connectivity index (χ4v) is 2.95. The summed E-state index contributed by atoms with van der Waals surface area (Å²) in [5.41, 5.74) is 1.27. The third-order valence-corrected chi connectivity index (χ3v) is 4.31. The van der Waals surface area contributed by atoms with Crippen molar-refractivity contribution >= 4 is 34.0 Å². The molecule has 1 amide bonds. The molecule has 0 saturated carbocycles. The maximum Gasteiger partial charge on any atom is 0.257 e. The number of nitrogens with one attached hydrogen (secondary N) is 1. The monoisotopic (exact) mass is 368 g/mol. The normalized spacial score (nSPS) is 10.5. The fraction of sp³-hybridized carbons (Fsp3) is 0.412. The molecule has 0 spiro atoms. The Morgan fingerprint density at radius 1 is 1.33 bits per heavy atom. The molecule has 0 unspecified atom stereocenters. The molecule has 24 heavy (non-hydrogen) atoms. The quantitative estimate of drug-likeness (QED) is 0.671. The molecule has 0 aliphatic carbocycles. The smallest absolute Gasteiger partial charge is 0.257 e. The molecule has 5 nitrogen and oxygen atoms in total. The van der Waals surface area contributed by atoms with Crippen molar-refractivity contribution in [3.8, 4) is 11.5 Å². The largest absolute Gasteiger partial charge is 0.490 e. The van der Waals surface area contributed by atoms with Crippen LogP contribution in [0.2, 0.25) is 5.02 Å². The van der Waals surface area contributed by atoms with Crippen LogP contribution < -0.4 is 14.8 Å². The highest BCUT2D eigenvalue weighted by molar-refractivity contribution is 7.13. The van der Waals surface area contributed by atoms with Crippen molar-refractivity contribution in [2.24, 2.45) is 0 Å². The summed E-state index contributed by atoms with van der Waals surface area (Å²) < 4.78 is 11.3. The number of rotatable bonds is 8. The number of hydrogen-bond acceptors (Lipinski definition) is 5. The van der Waals surface area contributed by atoms with E-state index in [4.69, 9.17) is 21.1 Å². The van der Waals surface area contributed by atoms with Crippen molar-refractivity contribution in [3.63, 3.8) is 0 Å². The Kier molecular flexibility index (Phi) is 6.87. The number of nitrogens with zero attached hydrogens (tertiary/aromatic N) is 1. The Hall–Kier alpha value is -1.79. The summed E-state index contributed by atoms with van der Waals surface area (Å²) in [5, 5.41) is 5.54. The minimum atomic E-state index is -0.285. The summed E-state index contributed by atoms with van der Waals surface area (Å²) in [6, 6.07) is 3.23. The number of benzene rings is 1.